The minimum Gasteiger partial charge on any atom is -0.396 e. The Labute approximate surface area is 158 Å². The number of aliphatic hydroxyl groups is 1. The molecular formula is C20H37N5O. The third-order valence-electron chi connectivity index (χ3n) is 6.08. The van der Waals surface area contributed by atoms with E-state index in [-0.39, 0.29) is 5.41 Å². The molecule has 6 nitrogen and oxygen atoms in total. The number of aromatic nitrogens is 2. The molecule has 2 atom stereocenters. The summed E-state index contributed by atoms with van der Waals surface area (Å²) in [5.74, 6) is 0.961. The highest BCUT2D eigenvalue weighted by Crippen LogP contribution is 2.27. The third kappa shape index (κ3) is 4.85. The summed E-state index contributed by atoms with van der Waals surface area (Å²) in [6.07, 6.45) is 0. The second-order valence-corrected chi connectivity index (χ2v) is 9.16. The first kappa shape index (κ1) is 19.8. The van der Waals surface area contributed by atoms with Crippen molar-refractivity contribution in [1.82, 2.24) is 24.9 Å². The summed E-state index contributed by atoms with van der Waals surface area (Å²) < 4.78 is 0. The van der Waals surface area contributed by atoms with Crippen LogP contribution in [0.3, 0.4) is 0 Å². The minimum absolute atomic E-state index is 0.0799. The zero-order valence-electron chi connectivity index (χ0n) is 17.0. The van der Waals surface area contributed by atoms with Crippen LogP contribution in [0.1, 0.15) is 39.1 Å². The van der Waals surface area contributed by atoms with Gasteiger partial charge in [-0.05, 0) is 24.4 Å². The van der Waals surface area contributed by atoms with Crippen molar-refractivity contribution in [3.63, 3.8) is 0 Å². The number of aliphatic hydroxyl groups excluding tert-OH is 1. The van der Waals surface area contributed by atoms with Gasteiger partial charge >= 0.3 is 0 Å². The van der Waals surface area contributed by atoms with Crippen molar-refractivity contribution in [2.75, 3.05) is 59.0 Å². The summed E-state index contributed by atoms with van der Waals surface area (Å²) in [5, 5.41) is 17.6. The van der Waals surface area contributed by atoms with Crippen LogP contribution in [0, 0.1) is 11.8 Å². The van der Waals surface area contributed by atoms with Gasteiger partial charge in [-0.1, -0.05) is 27.7 Å². The number of aromatic amines is 1. The Morgan fingerprint density at radius 1 is 1.08 bits per heavy atom. The topological polar surface area (TPSA) is 58.6 Å². The molecule has 0 spiro atoms. The van der Waals surface area contributed by atoms with E-state index in [1.807, 2.05) is 0 Å². The molecule has 148 valence electrons. The van der Waals surface area contributed by atoms with E-state index in [1.165, 1.54) is 18.8 Å². The number of rotatable bonds is 6. The molecular weight excluding hydrogens is 326 g/mol. The molecule has 2 saturated heterocycles. The van der Waals surface area contributed by atoms with E-state index in [4.69, 9.17) is 0 Å². The van der Waals surface area contributed by atoms with Crippen molar-refractivity contribution in [1.29, 1.82) is 0 Å². The van der Waals surface area contributed by atoms with Crippen LogP contribution in [0.2, 0.25) is 0 Å². The van der Waals surface area contributed by atoms with Crippen molar-refractivity contribution in [3.05, 3.63) is 17.5 Å². The first-order valence-electron chi connectivity index (χ1n) is 10.2. The van der Waals surface area contributed by atoms with E-state index in [0.717, 1.165) is 51.5 Å². The molecule has 2 N–H and O–H groups in total. The fourth-order valence-corrected chi connectivity index (χ4v) is 4.27. The van der Waals surface area contributed by atoms with Crippen molar-refractivity contribution in [3.8, 4) is 0 Å². The van der Waals surface area contributed by atoms with Crippen LogP contribution in [-0.4, -0.2) is 89.0 Å². The molecule has 3 rings (SSSR count). The molecule has 0 aliphatic carbocycles. The second-order valence-electron chi connectivity index (χ2n) is 9.16. The average molecular weight is 364 g/mol. The SMILES string of the molecule is CCN1CCN(C[C@@H]2CN(Cc3cc(C(C)(C)C)n[nH]3)C[C@@H]2CO)CC1. The highest BCUT2D eigenvalue weighted by Gasteiger charge is 2.34. The first-order valence-corrected chi connectivity index (χ1v) is 10.2. The van der Waals surface area contributed by atoms with Crippen molar-refractivity contribution >= 4 is 0 Å². The van der Waals surface area contributed by atoms with Crippen LogP contribution in [-0.2, 0) is 12.0 Å². The number of hydrogen-bond donors (Lipinski definition) is 2. The standard InChI is InChI=1S/C20H37N5O/c1-5-23-6-8-24(9-7-23)11-16-12-25(13-17(16)15-26)14-18-10-19(22-21-18)20(2,3)4/h10,16-17,26H,5-9,11-15H2,1-4H3,(H,21,22)/t16-,17-/m1/s1. The highest BCUT2D eigenvalue weighted by atomic mass is 16.3. The fraction of sp³-hybridized carbons (Fsp3) is 0.850. The van der Waals surface area contributed by atoms with Crippen LogP contribution < -0.4 is 0 Å². The Bertz CT molecular complexity index is 559. The molecule has 0 bridgehead atoms. The van der Waals surface area contributed by atoms with Gasteiger partial charge in [0, 0.05) is 70.1 Å². The lowest BCUT2D eigenvalue weighted by atomic mass is 9.92. The van der Waals surface area contributed by atoms with E-state index < -0.39 is 0 Å². The normalized spacial score (nSPS) is 26.7. The van der Waals surface area contributed by atoms with Crippen LogP contribution in [0.4, 0.5) is 0 Å². The molecule has 0 aromatic carbocycles. The number of hydrogen-bond acceptors (Lipinski definition) is 5. The Balaban J connectivity index is 1.53. The number of piperazine rings is 1. The Kier molecular flexibility index (Phi) is 6.38. The van der Waals surface area contributed by atoms with Crippen molar-refractivity contribution in [2.24, 2.45) is 11.8 Å². The molecule has 1 aromatic rings. The minimum atomic E-state index is 0.0799. The summed E-state index contributed by atoms with van der Waals surface area (Å²) in [6, 6.07) is 2.20. The molecule has 2 fully saturated rings. The monoisotopic (exact) mass is 363 g/mol. The van der Waals surface area contributed by atoms with Crippen molar-refractivity contribution in [2.45, 2.75) is 39.7 Å². The molecule has 26 heavy (non-hydrogen) atoms. The Morgan fingerprint density at radius 2 is 1.73 bits per heavy atom. The highest BCUT2D eigenvalue weighted by molar-refractivity contribution is 5.16. The predicted octanol–water partition coefficient (Wildman–Crippen LogP) is 1.39. The lowest BCUT2D eigenvalue weighted by Gasteiger charge is -2.36. The largest absolute Gasteiger partial charge is 0.396 e. The average Bonchev–Trinajstić information content (AvgIpc) is 3.22. The first-order chi connectivity index (χ1) is 12.4. The van der Waals surface area contributed by atoms with E-state index in [9.17, 15) is 5.11 Å². The van der Waals surface area contributed by atoms with Gasteiger partial charge in [0.15, 0.2) is 0 Å². The number of likely N-dealkylation sites (N-methyl/N-ethyl adjacent to an activating group) is 1. The molecule has 2 aliphatic heterocycles. The smallest absolute Gasteiger partial charge is 0.0678 e. The summed E-state index contributed by atoms with van der Waals surface area (Å²) >= 11 is 0. The summed E-state index contributed by atoms with van der Waals surface area (Å²) in [7, 11) is 0. The summed E-state index contributed by atoms with van der Waals surface area (Å²) in [5.41, 5.74) is 2.39. The molecule has 0 amide bonds. The molecule has 0 saturated carbocycles. The number of H-pyrrole nitrogens is 1. The quantitative estimate of drug-likeness (QED) is 0.800. The molecule has 3 heterocycles. The van der Waals surface area contributed by atoms with E-state index >= 15 is 0 Å². The number of likely N-dealkylation sites (tertiary alicyclic amines) is 1. The molecule has 0 unspecified atom stereocenters. The number of nitrogens with one attached hydrogen (secondary N) is 1. The van der Waals surface area contributed by atoms with Crippen LogP contribution in [0.15, 0.2) is 6.07 Å². The molecule has 0 radical (unpaired) electrons. The zero-order valence-corrected chi connectivity index (χ0v) is 17.0. The van der Waals surface area contributed by atoms with Crippen LogP contribution >= 0.6 is 0 Å². The molecule has 2 aliphatic rings. The van der Waals surface area contributed by atoms with Gasteiger partial charge in [-0.15, -0.1) is 0 Å². The van der Waals surface area contributed by atoms with E-state index in [0.29, 0.717) is 18.4 Å². The van der Waals surface area contributed by atoms with Crippen LogP contribution in [0.5, 0.6) is 0 Å². The maximum Gasteiger partial charge on any atom is 0.0678 e. The third-order valence-corrected chi connectivity index (χ3v) is 6.08. The molecule has 6 heteroatoms. The van der Waals surface area contributed by atoms with Crippen molar-refractivity contribution < 1.29 is 5.11 Å². The van der Waals surface area contributed by atoms with Crippen LogP contribution in [0.25, 0.3) is 0 Å². The van der Waals surface area contributed by atoms with Gasteiger partial charge in [0.2, 0.25) is 0 Å². The fourth-order valence-electron chi connectivity index (χ4n) is 4.27. The van der Waals surface area contributed by atoms with Gasteiger partial charge in [-0.3, -0.25) is 10.00 Å². The maximum absolute atomic E-state index is 9.87. The van der Waals surface area contributed by atoms with Gasteiger partial charge in [-0.2, -0.15) is 5.10 Å². The van der Waals surface area contributed by atoms with E-state index in [2.05, 4.69) is 58.7 Å². The van der Waals surface area contributed by atoms with Gasteiger partial charge in [-0.25, -0.2) is 0 Å². The van der Waals surface area contributed by atoms with Gasteiger partial charge < -0.3 is 14.9 Å². The number of nitrogens with zero attached hydrogens (tertiary/aromatic N) is 4. The van der Waals surface area contributed by atoms with Gasteiger partial charge in [0.1, 0.15) is 0 Å². The van der Waals surface area contributed by atoms with Gasteiger partial charge in [0.05, 0.1) is 5.69 Å². The van der Waals surface area contributed by atoms with E-state index in [1.54, 1.807) is 0 Å². The Hall–Kier alpha value is -0.950. The summed E-state index contributed by atoms with van der Waals surface area (Å²) in [6.45, 7) is 19.1. The maximum atomic E-state index is 9.87. The predicted molar refractivity (Wildman–Crippen MR) is 105 cm³/mol. The zero-order chi connectivity index (χ0) is 18.7. The molecule has 1 aromatic heterocycles. The lowest BCUT2D eigenvalue weighted by molar-refractivity contribution is 0.106. The Morgan fingerprint density at radius 3 is 2.31 bits per heavy atom. The summed E-state index contributed by atoms with van der Waals surface area (Å²) in [4.78, 5) is 7.59. The van der Waals surface area contributed by atoms with Gasteiger partial charge in [0.25, 0.3) is 0 Å². The second kappa shape index (κ2) is 8.38. The lowest BCUT2D eigenvalue weighted by Crippen LogP contribution is -2.48.